The number of aliphatic hydroxyl groups is 2. The second kappa shape index (κ2) is 24.0. The van der Waals surface area contributed by atoms with Crippen molar-refractivity contribution < 1.29 is 48.1 Å². The van der Waals surface area contributed by atoms with Crippen molar-refractivity contribution in [3.8, 4) is 28.4 Å². The molecular weight excluding hydrogens is 929 g/mol. The first-order chi connectivity index (χ1) is 34.7. The quantitative estimate of drug-likeness (QED) is 0.0212. The maximum atomic E-state index is 14.6. The number of non-ortho nitro benzene ring substituents is 1. The zero-order chi connectivity index (χ0) is 49.7. The number of alkyl halides is 1. The molecule has 0 spiro atoms. The van der Waals surface area contributed by atoms with Crippen LogP contribution in [0.2, 0.25) is 0 Å². The Morgan fingerprint density at radius 1 is 0.901 bits per heavy atom. The van der Waals surface area contributed by atoms with Gasteiger partial charge in [0, 0.05) is 49.8 Å². The molecule has 2 N–H and O–H groups in total. The molecule has 8 rings (SSSR count). The van der Waals surface area contributed by atoms with Crippen LogP contribution in [0.25, 0.3) is 11.1 Å². The molecule has 0 saturated heterocycles. The number of fused-ring (bicyclic) bond motifs is 2. The molecular formula is C56H59ClFN3O10. The van der Waals surface area contributed by atoms with Crippen molar-refractivity contribution >= 4 is 29.1 Å². The minimum Gasteiger partial charge on any atom is -0.459 e. The predicted octanol–water partition coefficient (Wildman–Crippen LogP) is 11.9. The van der Waals surface area contributed by atoms with Gasteiger partial charge in [0.15, 0.2) is 0 Å². The van der Waals surface area contributed by atoms with E-state index in [0.29, 0.717) is 53.3 Å². The van der Waals surface area contributed by atoms with Gasteiger partial charge in [-0.25, -0.2) is 9.18 Å². The number of nitrogens with zero attached hydrogens (tertiary/aromatic N) is 3. The van der Waals surface area contributed by atoms with Crippen molar-refractivity contribution in [3.63, 3.8) is 0 Å². The lowest BCUT2D eigenvalue weighted by Gasteiger charge is -2.59. The van der Waals surface area contributed by atoms with Gasteiger partial charge < -0.3 is 34.0 Å². The van der Waals surface area contributed by atoms with Gasteiger partial charge in [-0.3, -0.25) is 15.0 Å². The summed E-state index contributed by atoms with van der Waals surface area (Å²) in [5.74, 6) is -1.40. The number of halogens is 2. The Balaban J connectivity index is 1.30. The summed E-state index contributed by atoms with van der Waals surface area (Å²) >= 11 is 6.11. The second-order valence-corrected chi connectivity index (χ2v) is 18.4. The molecule has 1 aliphatic heterocycles. The van der Waals surface area contributed by atoms with Crippen molar-refractivity contribution in [1.82, 2.24) is 4.90 Å². The van der Waals surface area contributed by atoms with E-state index in [0.717, 1.165) is 41.5 Å². The minimum atomic E-state index is -1.62. The van der Waals surface area contributed by atoms with Crippen LogP contribution in [-0.4, -0.2) is 76.0 Å². The number of hydrogen-bond donors (Lipinski definition) is 2. The van der Waals surface area contributed by atoms with E-state index >= 15 is 0 Å². The van der Waals surface area contributed by atoms with Crippen LogP contribution < -0.4 is 9.47 Å². The van der Waals surface area contributed by atoms with E-state index in [1.807, 2.05) is 60.7 Å². The number of nitro benzene ring substituents is 1. The van der Waals surface area contributed by atoms with Gasteiger partial charge >= 0.3 is 6.09 Å². The third-order valence-corrected chi connectivity index (χ3v) is 13.7. The van der Waals surface area contributed by atoms with Crippen LogP contribution in [0.4, 0.5) is 14.9 Å². The van der Waals surface area contributed by atoms with Crippen LogP contribution in [0.3, 0.4) is 0 Å². The topological polar surface area (TPSA) is 162 Å². The van der Waals surface area contributed by atoms with Crippen molar-refractivity contribution in [1.29, 1.82) is 0 Å². The number of amides is 1. The Kier molecular flexibility index (Phi) is 17.2. The number of unbranched alkanes of at least 4 members (excludes halogenated alkanes) is 2. The predicted molar refractivity (Wildman–Crippen MR) is 269 cm³/mol. The van der Waals surface area contributed by atoms with E-state index < -0.39 is 34.6 Å². The molecule has 6 atom stereocenters. The van der Waals surface area contributed by atoms with Gasteiger partial charge in [-0.05, 0) is 120 Å². The van der Waals surface area contributed by atoms with Gasteiger partial charge in [0.05, 0.1) is 29.0 Å². The summed E-state index contributed by atoms with van der Waals surface area (Å²) in [6.07, 6.45) is 7.31. The van der Waals surface area contributed by atoms with E-state index in [-0.39, 0.29) is 75.3 Å². The van der Waals surface area contributed by atoms with Crippen LogP contribution in [-0.2, 0) is 27.5 Å². The maximum absolute atomic E-state index is 14.6. The molecule has 1 amide bonds. The summed E-state index contributed by atoms with van der Waals surface area (Å²) in [5, 5.41) is 36.4. The van der Waals surface area contributed by atoms with Crippen LogP contribution in [0, 0.1) is 33.7 Å². The van der Waals surface area contributed by atoms with Crippen molar-refractivity contribution in [2.75, 3.05) is 32.3 Å². The molecule has 5 aromatic carbocycles. The molecule has 71 heavy (non-hydrogen) atoms. The van der Waals surface area contributed by atoms with Gasteiger partial charge in [-0.15, -0.1) is 18.2 Å². The normalized spacial score (nSPS) is 21.5. The van der Waals surface area contributed by atoms with E-state index in [4.69, 9.17) is 40.5 Å². The van der Waals surface area contributed by atoms with Gasteiger partial charge in [0.2, 0.25) is 5.79 Å². The summed E-state index contributed by atoms with van der Waals surface area (Å²) < 4.78 is 41.3. The molecule has 15 heteroatoms. The summed E-state index contributed by atoms with van der Waals surface area (Å²) in [5.41, 5.74) is 5.53. The highest BCUT2D eigenvalue weighted by Crippen LogP contribution is 2.62. The second-order valence-electron chi connectivity index (χ2n) is 18.0. The molecule has 13 nitrogen and oxygen atoms in total. The lowest BCUT2D eigenvalue weighted by Crippen LogP contribution is -2.70. The van der Waals surface area contributed by atoms with Gasteiger partial charge in [-0.2, -0.15) is 0 Å². The molecule has 0 radical (unpaired) electrons. The molecule has 0 unspecified atom stereocenters. The van der Waals surface area contributed by atoms with Crippen molar-refractivity contribution in [2.45, 2.75) is 75.8 Å². The maximum Gasteiger partial charge on any atom is 0.410 e. The smallest absolute Gasteiger partial charge is 0.410 e. The van der Waals surface area contributed by atoms with Crippen LogP contribution in [0.5, 0.6) is 17.2 Å². The first-order valence-electron chi connectivity index (χ1n) is 24.2. The van der Waals surface area contributed by atoms with Crippen LogP contribution in [0.15, 0.2) is 151 Å². The molecule has 0 bridgehead atoms. The first kappa shape index (κ1) is 50.8. The molecule has 2 aliphatic carbocycles. The number of ether oxygens (including phenoxy) is 4. The van der Waals surface area contributed by atoms with E-state index in [1.165, 1.54) is 29.2 Å². The highest BCUT2D eigenvalue weighted by Gasteiger charge is 2.65. The molecule has 3 aliphatic rings. The molecule has 0 aromatic heterocycles. The Morgan fingerprint density at radius 2 is 1.59 bits per heavy atom. The van der Waals surface area contributed by atoms with Crippen molar-refractivity contribution in [3.05, 3.63) is 178 Å². The third-order valence-electron chi connectivity index (χ3n) is 13.6. The highest BCUT2D eigenvalue weighted by molar-refractivity contribution is 6.18. The average molecular weight is 989 g/mol. The Labute approximate surface area is 418 Å². The first-order valence-corrected chi connectivity index (χ1v) is 24.7. The summed E-state index contributed by atoms with van der Waals surface area (Å²) in [7, 11) is 0. The van der Waals surface area contributed by atoms with Crippen LogP contribution in [0.1, 0.15) is 67.6 Å². The lowest BCUT2D eigenvalue weighted by molar-refractivity contribution is -0.384. The zero-order valence-corrected chi connectivity index (χ0v) is 40.2. The molecule has 1 fully saturated rings. The highest BCUT2D eigenvalue weighted by atomic mass is 35.5. The number of nitro groups is 1. The Bertz CT molecular complexity index is 2650. The summed E-state index contributed by atoms with van der Waals surface area (Å²) in [6, 6.07) is 34.7. The molecule has 1 heterocycles. The number of carbonyl (C=O) groups is 1. The fourth-order valence-corrected chi connectivity index (χ4v) is 10.5. The summed E-state index contributed by atoms with van der Waals surface area (Å²) in [4.78, 5) is 33.3. The van der Waals surface area contributed by atoms with Crippen molar-refractivity contribution in [2.24, 2.45) is 22.9 Å². The average Bonchev–Trinajstić information content (AvgIpc) is 3.39. The minimum absolute atomic E-state index is 0.0151. The van der Waals surface area contributed by atoms with E-state index in [1.54, 1.807) is 30.3 Å². The standard InChI is InChI=1S/C56H59ClFN3O10/c1-2-31-68-56-52(60(55(64)67-32-28-57)36-38-14-20-43(58)21-15-38)35-50(59-69-37-39-16-22-44(23-17-39)61(65)66)48-33-42(12-6-8-29-62)47(13-7-9-30-63)53(54(48)56)49-34-46(26-27-51(49)71-56)70-45-24-18-41(19-25-45)40-10-4-3-5-11-40/h2-5,10-11,14-27,33-34,42,47,52-54,62-63H,1,6-9,12-13,28-32,35-37H2/t42-,47+,52-,53+,54+,56+/m0/s1. The number of benzene rings is 5. The fraction of sp³-hybridized carbons (Fsp3) is 0.357. The van der Waals surface area contributed by atoms with Gasteiger partial charge in [-0.1, -0.05) is 84.7 Å². The zero-order valence-electron chi connectivity index (χ0n) is 39.5. The van der Waals surface area contributed by atoms with Gasteiger partial charge in [0.1, 0.15) is 42.3 Å². The lowest BCUT2D eigenvalue weighted by atomic mass is 9.55. The van der Waals surface area contributed by atoms with Crippen LogP contribution >= 0.6 is 11.6 Å². The SMILES string of the molecule is C=CCO[C@@]12Oc3ccc(Oc4ccc(-c5ccccc5)cc4)cc3[C@H]3[C@H](CCCCO)[C@@H](CCCCO)C=C(C(=NOCc4ccc([N+](=O)[O-])cc4)C[C@@H]1N(Cc1ccc(F)cc1)C(=O)OCCCl)[C@H]32. The van der Waals surface area contributed by atoms with E-state index in [9.17, 15) is 29.5 Å². The molecule has 1 saturated carbocycles. The largest absolute Gasteiger partial charge is 0.459 e. The third kappa shape index (κ3) is 11.8. The number of rotatable bonds is 23. The number of aliphatic hydroxyl groups excluding tert-OH is 2. The number of hydrogen-bond acceptors (Lipinski definition) is 11. The van der Waals surface area contributed by atoms with Gasteiger partial charge in [0.25, 0.3) is 5.69 Å². The molecule has 372 valence electrons. The Hall–Kier alpha value is -6.58. The number of carbonyl (C=O) groups excluding carboxylic acids is 1. The molecule has 5 aromatic rings. The fourth-order valence-electron chi connectivity index (χ4n) is 10.4. The monoisotopic (exact) mass is 987 g/mol. The number of allylic oxidation sites excluding steroid dienone is 1. The summed E-state index contributed by atoms with van der Waals surface area (Å²) in [6.45, 7) is 3.98. The number of oxime groups is 1. The Morgan fingerprint density at radius 3 is 2.28 bits per heavy atom. The van der Waals surface area contributed by atoms with E-state index in [2.05, 4.69) is 24.8 Å².